The van der Waals surface area contributed by atoms with Crippen molar-refractivity contribution in [1.29, 1.82) is 0 Å². The summed E-state index contributed by atoms with van der Waals surface area (Å²) in [5.41, 5.74) is 1.36. The monoisotopic (exact) mass is 450 g/mol. The number of carbonyl (C=O) groups excluding carboxylic acids is 1. The highest BCUT2D eigenvalue weighted by atomic mass is 32.2. The van der Waals surface area contributed by atoms with Crippen molar-refractivity contribution in [3.63, 3.8) is 0 Å². The van der Waals surface area contributed by atoms with Gasteiger partial charge in [0.05, 0.1) is 20.0 Å². The molecule has 1 N–H and O–H groups in total. The average Bonchev–Trinajstić information content (AvgIpc) is 2.77. The first-order chi connectivity index (χ1) is 14.7. The number of nitrogens with zero attached hydrogens (tertiary/aromatic N) is 1. The standard InChI is InChI=1S/C22H30N2O6S/c1-6-16(3)24(22(25)23-18-9-11-19(28-4)12-10-18)15-17-8-13-20(29-5)21(14-17)30-31(26,27)7-2/h8-14,16H,6-7,15H2,1-5H3,(H,23,25)/t16-/m0/s1. The summed E-state index contributed by atoms with van der Waals surface area (Å²) in [5, 5.41) is 2.89. The Labute approximate surface area is 184 Å². The molecule has 0 saturated heterocycles. The molecule has 0 fully saturated rings. The highest BCUT2D eigenvalue weighted by molar-refractivity contribution is 7.87. The maximum absolute atomic E-state index is 13.0. The molecule has 0 spiro atoms. The Balaban J connectivity index is 2.25. The second kappa shape index (κ2) is 10.9. The maximum Gasteiger partial charge on any atom is 0.322 e. The van der Waals surface area contributed by atoms with Gasteiger partial charge in [0.15, 0.2) is 11.5 Å². The van der Waals surface area contributed by atoms with E-state index in [0.29, 0.717) is 22.7 Å². The molecule has 0 bridgehead atoms. The van der Waals surface area contributed by atoms with Crippen molar-refractivity contribution < 1.29 is 26.9 Å². The first-order valence-corrected chi connectivity index (χ1v) is 11.6. The normalized spacial score (nSPS) is 12.0. The van der Waals surface area contributed by atoms with Crippen molar-refractivity contribution in [2.45, 2.75) is 39.8 Å². The number of benzene rings is 2. The minimum Gasteiger partial charge on any atom is -0.497 e. The molecule has 0 aliphatic rings. The Hall–Kier alpha value is -2.94. The quantitative estimate of drug-likeness (QED) is 0.544. The van der Waals surface area contributed by atoms with Crippen molar-refractivity contribution >= 4 is 21.8 Å². The van der Waals surface area contributed by atoms with Crippen LogP contribution in [0.3, 0.4) is 0 Å². The Morgan fingerprint density at radius 1 is 1.03 bits per heavy atom. The number of ether oxygens (including phenoxy) is 2. The van der Waals surface area contributed by atoms with E-state index in [1.165, 1.54) is 14.0 Å². The van der Waals surface area contributed by atoms with E-state index in [0.717, 1.165) is 6.42 Å². The number of carbonyl (C=O) groups is 1. The van der Waals surface area contributed by atoms with Crippen molar-refractivity contribution in [2.24, 2.45) is 0 Å². The Kier molecular flexibility index (Phi) is 8.56. The van der Waals surface area contributed by atoms with Crippen LogP contribution in [0, 0.1) is 0 Å². The first kappa shape index (κ1) is 24.3. The van der Waals surface area contributed by atoms with E-state index in [4.69, 9.17) is 13.7 Å². The van der Waals surface area contributed by atoms with Crippen LogP contribution in [0.1, 0.15) is 32.8 Å². The molecule has 2 aromatic rings. The number of rotatable bonds is 10. The summed E-state index contributed by atoms with van der Waals surface area (Å²) in [5.74, 6) is 0.938. The molecule has 31 heavy (non-hydrogen) atoms. The molecule has 2 rings (SSSR count). The molecule has 0 aromatic heterocycles. The SMILES string of the molecule is CC[C@H](C)N(Cc1ccc(OC)c(OS(=O)(=O)CC)c1)C(=O)Nc1ccc(OC)cc1. The Morgan fingerprint density at radius 2 is 1.71 bits per heavy atom. The van der Waals surface area contributed by atoms with Crippen molar-refractivity contribution in [2.75, 3.05) is 25.3 Å². The largest absolute Gasteiger partial charge is 0.497 e. The molecule has 0 saturated carbocycles. The molecule has 0 aliphatic heterocycles. The highest BCUT2D eigenvalue weighted by Gasteiger charge is 2.21. The minimum absolute atomic E-state index is 0.0518. The fourth-order valence-corrected chi connectivity index (χ4v) is 3.32. The van der Waals surface area contributed by atoms with Gasteiger partial charge in [0.1, 0.15) is 5.75 Å². The molecule has 1 atom stereocenters. The van der Waals surface area contributed by atoms with Crippen LogP contribution in [-0.2, 0) is 16.7 Å². The summed E-state index contributed by atoms with van der Waals surface area (Å²) in [6, 6.07) is 11.7. The zero-order chi connectivity index (χ0) is 23.0. The molecule has 2 amide bonds. The maximum atomic E-state index is 13.0. The van der Waals surface area contributed by atoms with Gasteiger partial charge in [-0.15, -0.1) is 0 Å². The molecule has 9 heteroatoms. The average molecular weight is 451 g/mol. The molecule has 2 aromatic carbocycles. The van der Waals surface area contributed by atoms with E-state index in [1.807, 2.05) is 13.8 Å². The van der Waals surface area contributed by atoms with Crippen molar-refractivity contribution in [1.82, 2.24) is 4.90 Å². The zero-order valence-electron chi connectivity index (χ0n) is 18.5. The van der Waals surface area contributed by atoms with E-state index >= 15 is 0 Å². The van der Waals surface area contributed by atoms with Crippen molar-refractivity contribution in [3.8, 4) is 17.2 Å². The lowest BCUT2D eigenvalue weighted by Crippen LogP contribution is -2.40. The van der Waals surface area contributed by atoms with Gasteiger partial charge in [0.2, 0.25) is 0 Å². The van der Waals surface area contributed by atoms with Crippen LogP contribution in [-0.4, -0.2) is 45.4 Å². The van der Waals surface area contributed by atoms with E-state index in [2.05, 4.69) is 5.32 Å². The van der Waals surface area contributed by atoms with Crippen LogP contribution < -0.4 is 19.0 Å². The van der Waals surface area contributed by atoms with Crippen LogP contribution in [0.4, 0.5) is 10.5 Å². The van der Waals surface area contributed by atoms with Gasteiger partial charge in [-0.25, -0.2) is 4.79 Å². The summed E-state index contributed by atoms with van der Waals surface area (Å²) < 4.78 is 39.4. The van der Waals surface area contributed by atoms with Crippen LogP contribution in [0.15, 0.2) is 42.5 Å². The predicted octanol–water partition coefficient (Wildman–Crippen LogP) is 4.26. The van der Waals surface area contributed by atoms with Crippen LogP contribution >= 0.6 is 0 Å². The van der Waals surface area contributed by atoms with E-state index in [-0.39, 0.29) is 30.1 Å². The minimum atomic E-state index is -3.72. The fraction of sp³-hybridized carbons (Fsp3) is 0.409. The second-order valence-electron chi connectivity index (χ2n) is 6.96. The number of hydrogen-bond donors (Lipinski definition) is 1. The summed E-state index contributed by atoms with van der Waals surface area (Å²) in [7, 11) is -0.698. The number of amides is 2. The molecular weight excluding hydrogens is 420 g/mol. The van der Waals surface area contributed by atoms with Gasteiger partial charge in [0.25, 0.3) is 0 Å². The number of anilines is 1. The molecule has 0 heterocycles. The molecule has 0 radical (unpaired) electrons. The fourth-order valence-electron chi connectivity index (χ4n) is 2.79. The third-order valence-corrected chi connectivity index (χ3v) is 6.02. The van der Waals surface area contributed by atoms with E-state index in [9.17, 15) is 13.2 Å². The topological polar surface area (TPSA) is 94.2 Å². The second-order valence-corrected chi connectivity index (χ2v) is 8.82. The van der Waals surface area contributed by atoms with Gasteiger partial charge < -0.3 is 23.9 Å². The van der Waals surface area contributed by atoms with Gasteiger partial charge in [0, 0.05) is 18.3 Å². The molecule has 0 unspecified atom stereocenters. The third-order valence-electron chi connectivity index (χ3n) is 4.88. The molecular formula is C22H30N2O6S. The first-order valence-electron chi connectivity index (χ1n) is 10.0. The Morgan fingerprint density at radius 3 is 2.26 bits per heavy atom. The highest BCUT2D eigenvalue weighted by Crippen LogP contribution is 2.30. The molecule has 170 valence electrons. The zero-order valence-corrected chi connectivity index (χ0v) is 19.4. The number of urea groups is 1. The third kappa shape index (κ3) is 6.78. The summed E-state index contributed by atoms with van der Waals surface area (Å²) in [4.78, 5) is 14.7. The van der Waals surface area contributed by atoms with Gasteiger partial charge in [-0.2, -0.15) is 8.42 Å². The van der Waals surface area contributed by atoms with Gasteiger partial charge >= 0.3 is 16.1 Å². The van der Waals surface area contributed by atoms with Gasteiger partial charge in [-0.3, -0.25) is 0 Å². The van der Waals surface area contributed by atoms with Crippen LogP contribution in [0.2, 0.25) is 0 Å². The molecule has 8 nitrogen and oxygen atoms in total. The lowest BCUT2D eigenvalue weighted by Gasteiger charge is -2.29. The summed E-state index contributed by atoms with van der Waals surface area (Å²) >= 11 is 0. The van der Waals surface area contributed by atoms with E-state index < -0.39 is 10.1 Å². The lowest BCUT2D eigenvalue weighted by atomic mass is 10.1. The molecule has 0 aliphatic carbocycles. The summed E-state index contributed by atoms with van der Waals surface area (Å²) in [6.07, 6.45) is 0.750. The van der Waals surface area contributed by atoms with E-state index in [1.54, 1.807) is 54.5 Å². The number of hydrogen-bond acceptors (Lipinski definition) is 6. The van der Waals surface area contributed by atoms with Crippen LogP contribution in [0.25, 0.3) is 0 Å². The number of nitrogens with one attached hydrogen (secondary N) is 1. The number of methoxy groups -OCH3 is 2. The lowest BCUT2D eigenvalue weighted by molar-refractivity contribution is 0.187. The van der Waals surface area contributed by atoms with Crippen LogP contribution in [0.5, 0.6) is 17.2 Å². The summed E-state index contributed by atoms with van der Waals surface area (Å²) in [6.45, 7) is 5.72. The van der Waals surface area contributed by atoms with Crippen molar-refractivity contribution in [3.05, 3.63) is 48.0 Å². The van der Waals surface area contributed by atoms with Gasteiger partial charge in [-0.05, 0) is 62.2 Å². The Bertz CT molecular complexity index is 976. The predicted molar refractivity (Wildman–Crippen MR) is 120 cm³/mol. The van der Waals surface area contributed by atoms with Gasteiger partial charge in [-0.1, -0.05) is 13.0 Å². The smallest absolute Gasteiger partial charge is 0.322 e.